The van der Waals surface area contributed by atoms with Crippen molar-refractivity contribution < 1.29 is 14.0 Å². The first kappa shape index (κ1) is 19.1. The summed E-state index contributed by atoms with van der Waals surface area (Å²) < 4.78 is 14.0. The van der Waals surface area contributed by atoms with Crippen LogP contribution in [0.3, 0.4) is 0 Å². The number of amides is 2. The Morgan fingerprint density at radius 3 is 2.64 bits per heavy atom. The lowest BCUT2D eigenvalue weighted by molar-refractivity contribution is -0.130. The molecular weight excluding hydrogens is 359 g/mol. The molecule has 0 aliphatic rings. The van der Waals surface area contributed by atoms with Gasteiger partial charge in [-0.3, -0.25) is 9.59 Å². The molecule has 0 saturated carbocycles. The summed E-state index contributed by atoms with van der Waals surface area (Å²) in [5, 5.41) is 12.7. The first-order valence-electron chi connectivity index (χ1n) is 8.86. The van der Waals surface area contributed by atoms with Gasteiger partial charge < -0.3 is 10.3 Å². The summed E-state index contributed by atoms with van der Waals surface area (Å²) in [4.78, 5) is 29.5. The number of benzene rings is 2. The van der Waals surface area contributed by atoms with Crippen molar-refractivity contribution >= 4 is 22.7 Å². The number of nitriles is 1. The molecule has 6 nitrogen and oxygen atoms in total. The quantitative estimate of drug-likeness (QED) is 0.510. The molecule has 2 aromatic carbocycles. The van der Waals surface area contributed by atoms with Crippen LogP contribution in [-0.2, 0) is 11.2 Å². The number of fused-ring (bicyclic) bond motifs is 1. The lowest BCUT2D eigenvalue weighted by Gasteiger charge is -2.21. The lowest BCUT2D eigenvalue weighted by atomic mass is 10.0. The van der Waals surface area contributed by atoms with Crippen molar-refractivity contribution in [1.29, 1.82) is 5.26 Å². The van der Waals surface area contributed by atoms with Crippen LogP contribution in [0.25, 0.3) is 10.9 Å². The average molecular weight is 378 g/mol. The van der Waals surface area contributed by atoms with Crippen LogP contribution >= 0.6 is 0 Å². The highest BCUT2D eigenvalue weighted by atomic mass is 19.1. The normalized spacial score (nSPS) is 11.6. The molecule has 142 valence electrons. The topological polar surface area (TPSA) is 89.0 Å². The maximum Gasteiger partial charge on any atom is 0.258 e. The van der Waals surface area contributed by atoms with Gasteiger partial charge in [0.2, 0.25) is 0 Å². The third kappa shape index (κ3) is 3.86. The number of rotatable bonds is 6. The fourth-order valence-corrected chi connectivity index (χ4v) is 3.07. The van der Waals surface area contributed by atoms with Gasteiger partial charge in [-0.1, -0.05) is 30.3 Å². The Kier molecular flexibility index (Phi) is 5.70. The van der Waals surface area contributed by atoms with Gasteiger partial charge in [-0.15, -0.1) is 0 Å². The van der Waals surface area contributed by atoms with Gasteiger partial charge in [-0.2, -0.15) is 5.26 Å². The number of nitrogens with one attached hydrogen (secondary N) is 2. The Balaban J connectivity index is 1.91. The Labute approximate surface area is 161 Å². The van der Waals surface area contributed by atoms with Crippen molar-refractivity contribution in [1.82, 2.24) is 15.2 Å². The van der Waals surface area contributed by atoms with E-state index < -0.39 is 23.7 Å². The predicted octanol–water partition coefficient (Wildman–Crippen LogP) is 2.98. The minimum atomic E-state index is -1.01. The molecule has 7 heteroatoms. The monoisotopic (exact) mass is 378 g/mol. The van der Waals surface area contributed by atoms with Crippen molar-refractivity contribution in [3.63, 3.8) is 0 Å². The van der Waals surface area contributed by atoms with Crippen LogP contribution in [0.2, 0.25) is 0 Å². The molecule has 1 heterocycles. The van der Waals surface area contributed by atoms with E-state index in [0.717, 1.165) is 21.4 Å². The summed E-state index contributed by atoms with van der Waals surface area (Å²) in [6.07, 6.45) is 3.76. The highest BCUT2D eigenvalue weighted by Gasteiger charge is 2.27. The van der Waals surface area contributed by atoms with Crippen molar-refractivity contribution in [2.24, 2.45) is 0 Å². The molecule has 3 aromatic rings. The van der Waals surface area contributed by atoms with E-state index >= 15 is 0 Å². The second-order valence-corrected chi connectivity index (χ2v) is 6.25. The fourth-order valence-electron chi connectivity index (χ4n) is 3.07. The first-order chi connectivity index (χ1) is 13.5. The lowest BCUT2D eigenvalue weighted by Crippen LogP contribution is -2.48. The third-order valence-electron chi connectivity index (χ3n) is 4.52. The SMILES string of the molecule is CCN(C#N)C(=O)C(Cc1c[nH]c2ccccc12)NC(=O)c1ccccc1F. The van der Waals surface area contributed by atoms with Gasteiger partial charge in [0, 0.05) is 30.1 Å². The first-order valence-corrected chi connectivity index (χ1v) is 8.86. The minimum absolute atomic E-state index is 0.153. The molecule has 0 spiro atoms. The summed E-state index contributed by atoms with van der Waals surface area (Å²) in [6, 6.07) is 12.1. The van der Waals surface area contributed by atoms with Crippen LogP contribution in [0.5, 0.6) is 0 Å². The Bertz CT molecular complexity index is 1050. The van der Waals surface area contributed by atoms with Gasteiger partial charge in [0.25, 0.3) is 11.8 Å². The zero-order valence-corrected chi connectivity index (χ0v) is 15.3. The molecule has 0 aliphatic heterocycles. The van der Waals surface area contributed by atoms with E-state index in [1.54, 1.807) is 19.2 Å². The van der Waals surface area contributed by atoms with E-state index in [2.05, 4.69) is 10.3 Å². The van der Waals surface area contributed by atoms with Gasteiger partial charge in [-0.05, 0) is 30.7 Å². The predicted molar refractivity (Wildman–Crippen MR) is 103 cm³/mol. The fraction of sp³-hybridized carbons (Fsp3) is 0.190. The number of nitrogens with zero attached hydrogens (tertiary/aromatic N) is 2. The molecule has 0 radical (unpaired) electrons. The summed E-state index contributed by atoms with van der Waals surface area (Å²) in [5.41, 5.74) is 1.56. The number of carbonyl (C=O) groups is 2. The van der Waals surface area contributed by atoms with Crippen molar-refractivity contribution in [3.05, 3.63) is 71.7 Å². The number of likely N-dealkylation sites (N-methyl/N-ethyl adjacent to an activating group) is 1. The smallest absolute Gasteiger partial charge is 0.258 e. The minimum Gasteiger partial charge on any atom is -0.361 e. The molecule has 1 atom stereocenters. The molecule has 0 saturated heterocycles. The van der Waals surface area contributed by atoms with E-state index in [0.29, 0.717) is 0 Å². The number of para-hydroxylation sites is 1. The number of carbonyl (C=O) groups excluding carboxylic acids is 2. The summed E-state index contributed by atoms with van der Waals surface area (Å²) in [6.45, 7) is 1.85. The number of hydrogen-bond donors (Lipinski definition) is 2. The molecule has 2 amide bonds. The van der Waals surface area contributed by atoms with Crippen LogP contribution in [0, 0.1) is 17.3 Å². The number of aromatic nitrogens is 1. The molecule has 1 aromatic heterocycles. The molecule has 0 aliphatic carbocycles. The number of aromatic amines is 1. The van der Waals surface area contributed by atoms with Gasteiger partial charge in [-0.25, -0.2) is 9.29 Å². The summed E-state index contributed by atoms with van der Waals surface area (Å²) in [7, 11) is 0. The molecule has 3 rings (SSSR count). The van der Waals surface area contributed by atoms with Gasteiger partial charge >= 0.3 is 0 Å². The standard InChI is InChI=1S/C21H19FN4O2/c1-2-26(13-23)21(28)19(25-20(27)16-8-3-5-9-17(16)22)11-14-12-24-18-10-6-4-7-15(14)18/h3-10,12,19,24H,2,11H2,1H3,(H,25,27). The Hall–Kier alpha value is -3.66. The van der Waals surface area contributed by atoms with E-state index in [-0.39, 0.29) is 18.5 Å². The van der Waals surface area contributed by atoms with Crippen LogP contribution in [0.1, 0.15) is 22.8 Å². The van der Waals surface area contributed by atoms with E-state index in [1.165, 1.54) is 18.2 Å². The van der Waals surface area contributed by atoms with Crippen molar-refractivity contribution in [3.8, 4) is 6.19 Å². The maximum absolute atomic E-state index is 14.0. The third-order valence-corrected chi connectivity index (χ3v) is 4.52. The van der Waals surface area contributed by atoms with Crippen molar-refractivity contribution in [2.75, 3.05) is 6.54 Å². The van der Waals surface area contributed by atoms with Crippen LogP contribution < -0.4 is 5.32 Å². The van der Waals surface area contributed by atoms with Gasteiger partial charge in [0.05, 0.1) is 5.56 Å². The van der Waals surface area contributed by atoms with Crippen LogP contribution in [0.4, 0.5) is 4.39 Å². The summed E-state index contributed by atoms with van der Waals surface area (Å²) >= 11 is 0. The largest absolute Gasteiger partial charge is 0.361 e. The molecule has 0 fully saturated rings. The van der Waals surface area contributed by atoms with E-state index in [4.69, 9.17) is 0 Å². The number of hydrogen-bond acceptors (Lipinski definition) is 3. The highest BCUT2D eigenvalue weighted by Crippen LogP contribution is 2.20. The second kappa shape index (κ2) is 8.35. The Morgan fingerprint density at radius 1 is 1.21 bits per heavy atom. The van der Waals surface area contributed by atoms with Crippen molar-refractivity contribution in [2.45, 2.75) is 19.4 Å². The van der Waals surface area contributed by atoms with Crippen LogP contribution in [-0.4, -0.2) is 34.3 Å². The second-order valence-electron chi connectivity index (χ2n) is 6.25. The molecule has 1 unspecified atom stereocenters. The Morgan fingerprint density at radius 2 is 1.93 bits per heavy atom. The zero-order chi connectivity index (χ0) is 20.1. The average Bonchev–Trinajstić information content (AvgIpc) is 3.11. The van der Waals surface area contributed by atoms with E-state index in [1.807, 2.05) is 30.5 Å². The molecule has 28 heavy (non-hydrogen) atoms. The number of halogens is 1. The van der Waals surface area contributed by atoms with Gasteiger partial charge in [0.1, 0.15) is 11.9 Å². The van der Waals surface area contributed by atoms with E-state index in [9.17, 15) is 19.2 Å². The van der Waals surface area contributed by atoms with Crippen LogP contribution in [0.15, 0.2) is 54.7 Å². The zero-order valence-electron chi connectivity index (χ0n) is 15.3. The number of H-pyrrole nitrogens is 1. The molecule has 2 N–H and O–H groups in total. The van der Waals surface area contributed by atoms with Gasteiger partial charge in [0.15, 0.2) is 6.19 Å². The summed E-state index contributed by atoms with van der Waals surface area (Å²) in [5.74, 6) is -1.92. The molecular formula is C21H19FN4O2. The highest BCUT2D eigenvalue weighted by molar-refractivity contribution is 5.98. The molecule has 0 bridgehead atoms. The maximum atomic E-state index is 14.0.